The molecule has 0 spiro atoms. The fourth-order valence-corrected chi connectivity index (χ4v) is 3.80. The molecule has 0 aromatic heterocycles. The van der Waals surface area contributed by atoms with Gasteiger partial charge in [0, 0.05) is 6.54 Å². The standard InChI is InChI=1S/C17H21FN2O3/c1-23-15(21)11-5-6-13(18)14(8-11)20-16(22)17-7-3-2-4-12(17)9-19-10-17/h5-6,8,12,19H,2-4,7,9-10H2,1H3,(H,20,22)/t12-,17+/m0/s1. The lowest BCUT2D eigenvalue weighted by molar-refractivity contribution is -0.128. The molecule has 1 aliphatic heterocycles. The topological polar surface area (TPSA) is 67.4 Å². The second-order valence-electron chi connectivity index (χ2n) is 6.37. The van der Waals surface area contributed by atoms with Crippen molar-refractivity contribution < 1.29 is 18.7 Å². The van der Waals surface area contributed by atoms with Gasteiger partial charge in [-0.3, -0.25) is 4.79 Å². The molecule has 124 valence electrons. The highest BCUT2D eigenvalue weighted by atomic mass is 19.1. The second-order valence-corrected chi connectivity index (χ2v) is 6.37. The van der Waals surface area contributed by atoms with Gasteiger partial charge in [0.05, 0.1) is 23.8 Å². The molecule has 2 atom stereocenters. The van der Waals surface area contributed by atoms with Crippen molar-refractivity contribution >= 4 is 17.6 Å². The van der Waals surface area contributed by atoms with Gasteiger partial charge in [-0.15, -0.1) is 0 Å². The van der Waals surface area contributed by atoms with Gasteiger partial charge in [-0.25, -0.2) is 9.18 Å². The first-order valence-electron chi connectivity index (χ1n) is 7.97. The van der Waals surface area contributed by atoms with Crippen LogP contribution in [-0.4, -0.2) is 32.1 Å². The van der Waals surface area contributed by atoms with Crippen molar-refractivity contribution in [3.05, 3.63) is 29.6 Å². The summed E-state index contributed by atoms with van der Waals surface area (Å²) in [5.74, 6) is -0.978. The number of hydrogen-bond acceptors (Lipinski definition) is 4. The van der Waals surface area contributed by atoms with Crippen LogP contribution in [-0.2, 0) is 9.53 Å². The van der Waals surface area contributed by atoms with Gasteiger partial charge >= 0.3 is 5.97 Å². The largest absolute Gasteiger partial charge is 0.465 e. The van der Waals surface area contributed by atoms with Gasteiger partial charge in [0.2, 0.25) is 5.91 Å². The van der Waals surface area contributed by atoms with Crippen LogP contribution in [0.4, 0.5) is 10.1 Å². The third kappa shape index (κ3) is 2.83. The van der Waals surface area contributed by atoms with E-state index in [1.807, 2.05) is 0 Å². The summed E-state index contributed by atoms with van der Waals surface area (Å²) in [6, 6.07) is 3.84. The molecule has 2 N–H and O–H groups in total. The summed E-state index contributed by atoms with van der Waals surface area (Å²) in [7, 11) is 1.26. The first-order chi connectivity index (χ1) is 11.1. The molecule has 0 radical (unpaired) electrons. The minimum absolute atomic E-state index is 0.0310. The SMILES string of the molecule is COC(=O)c1ccc(F)c(NC(=O)[C@@]23CCCC[C@H]2CNC3)c1. The van der Waals surface area contributed by atoms with Crippen LogP contribution in [0.2, 0.25) is 0 Å². The van der Waals surface area contributed by atoms with Gasteiger partial charge in [0.1, 0.15) is 5.82 Å². The van der Waals surface area contributed by atoms with E-state index in [0.717, 1.165) is 32.2 Å². The van der Waals surface area contributed by atoms with Crippen molar-refractivity contribution in [3.63, 3.8) is 0 Å². The number of carbonyl (C=O) groups is 2. The van der Waals surface area contributed by atoms with Crippen molar-refractivity contribution in [2.75, 3.05) is 25.5 Å². The van der Waals surface area contributed by atoms with E-state index in [4.69, 9.17) is 0 Å². The van der Waals surface area contributed by atoms with E-state index < -0.39 is 17.2 Å². The fourth-order valence-electron chi connectivity index (χ4n) is 3.80. The van der Waals surface area contributed by atoms with Crippen LogP contribution in [0.3, 0.4) is 0 Å². The van der Waals surface area contributed by atoms with Crippen LogP contribution in [0, 0.1) is 17.2 Å². The summed E-state index contributed by atoms with van der Waals surface area (Å²) >= 11 is 0. The number of fused-ring (bicyclic) bond motifs is 1. The van der Waals surface area contributed by atoms with Crippen LogP contribution < -0.4 is 10.6 Å². The van der Waals surface area contributed by atoms with Gasteiger partial charge in [-0.1, -0.05) is 12.8 Å². The highest BCUT2D eigenvalue weighted by Gasteiger charge is 2.49. The summed E-state index contributed by atoms with van der Waals surface area (Å²) in [6.07, 6.45) is 3.98. The number of hydrogen-bond donors (Lipinski definition) is 2. The average molecular weight is 320 g/mol. The van der Waals surface area contributed by atoms with Crippen molar-refractivity contribution in [1.29, 1.82) is 0 Å². The quantitative estimate of drug-likeness (QED) is 0.839. The number of methoxy groups -OCH3 is 1. The minimum Gasteiger partial charge on any atom is -0.465 e. The van der Waals surface area contributed by atoms with Gasteiger partial charge in [0.25, 0.3) is 0 Å². The number of anilines is 1. The first kappa shape index (κ1) is 15.9. The number of ether oxygens (including phenoxy) is 1. The number of carbonyl (C=O) groups excluding carboxylic acids is 2. The Hall–Kier alpha value is -1.95. The van der Waals surface area contributed by atoms with Crippen molar-refractivity contribution in [3.8, 4) is 0 Å². The Morgan fingerprint density at radius 1 is 1.39 bits per heavy atom. The van der Waals surface area contributed by atoms with E-state index in [9.17, 15) is 14.0 Å². The zero-order chi connectivity index (χ0) is 16.4. The first-order valence-corrected chi connectivity index (χ1v) is 7.97. The Kier molecular flexibility index (Phi) is 4.35. The molecule has 2 aliphatic rings. The highest BCUT2D eigenvalue weighted by Crippen LogP contribution is 2.44. The van der Waals surface area contributed by atoms with Crippen LogP contribution >= 0.6 is 0 Å². The van der Waals surface area contributed by atoms with E-state index in [-0.39, 0.29) is 17.2 Å². The van der Waals surface area contributed by atoms with Crippen molar-refractivity contribution in [2.24, 2.45) is 11.3 Å². The van der Waals surface area contributed by atoms with Gasteiger partial charge in [-0.2, -0.15) is 0 Å². The van der Waals surface area contributed by atoms with Crippen LogP contribution in [0.1, 0.15) is 36.0 Å². The number of esters is 1. The minimum atomic E-state index is -0.559. The highest BCUT2D eigenvalue weighted by molar-refractivity contribution is 5.98. The van der Waals surface area contributed by atoms with E-state index in [1.165, 1.54) is 25.3 Å². The van der Waals surface area contributed by atoms with Crippen molar-refractivity contribution in [2.45, 2.75) is 25.7 Å². The molecule has 23 heavy (non-hydrogen) atoms. The smallest absolute Gasteiger partial charge is 0.337 e. The van der Waals surface area contributed by atoms with Crippen LogP contribution in [0.25, 0.3) is 0 Å². The molecule has 1 aliphatic carbocycles. The zero-order valence-corrected chi connectivity index (χ0v) is 13.2. The Morgan fingerprint density at radius 3 is 3.00 bits per heavy atom. The van der Waals surface area contributed by atoms with E-state index in [1.54, 1.807) is 0 Å². The number of amides is 1. The number of nitrogens with one attached hydrogen (secondary N) is 2. The molecule has 0 unspecified atom stereocenters. The van der Waals surface area contributed by atoms with E-state index in [0.29, 0.717) is 12.5 Å². The molecule has 1 saturated carbocycles. The van der Waals surface area contributed by atoms with Gasteiger partial charge in [-0.05, 0) is 43.5 Å². The van der Waals surface area contributed by atoms with Crippen LogP contribution in [0.5, 0.6) is 0 Å². The maximum Gasteiger partial charge on any atom is 0.337 e. The maximum atomic E-state index is 14.0. The number of benzene rings is 1. The lowest BCUT2D eigenvalue weighted by atomic mass is 9.67. The Balaban J connectivity index is 1.83. The molecule has 1 amide bonds. The molecule has 6 heteroatoms. The molecule has 3 rings (SSSR count). The molecule has 1 saturated heterocycles. The summed E-state index contributed by atoms with van der Waals surface area (Å²) in [6.45, 7) is 1.46. The van der Waals surface area contributed by atoms with E-state index >= 15 is 0 Å². The molecule has 2 fully saturated rings. The molecular weight excluding hydrogens is 299 g/mol. The molecule has 0 bridgehead atoms. The van der Waals surface area contributed by atoms with Gasteiger partial charge in [0.15, 0.2) is 0 Å². The maximum absolute atomic E-state index is 14.0. The lowest BCUT2D eigenvalue weighted by Gasteiger charge is -2.37. The third-order valence-electron chi connectivity index (χ3n) is 5.13. The molecule has 1 heterocycles. The fraction of sp³-hybridized carbons (Fsp3) is 0.529. The number of rotatable bonds is 3. The lowest BCUT2D eigenvalue weighted by Crippen LogP contribution is -2.44. The monoisotopic (exact) mass is 320 g/mol. The second kappa shape index (κ2) is 6.28. The Labute approximate surface area is 134 Å². The zero-order valence-electron chi connectivity index (χ0n) is 13.2. The molecule has 1 aromatic rings. The molecule has 5 nitrogen and oxygen atoms in total. The Morgan fingerprint density at radius 2 is 2.22 bits per heavy atom. The summed E-state index contributed by atoms with van der Waals surface area (Å²) in [5.41, 5.74) is -0.221. The summed E-state index contributed by atoms with van der Waals surface area (Å²) in [4.78, 5) is 24.4. The number of halogens is 1. The van der Waals surface area contributed by atoms with Gasteiger partial charge < -0.3 is 15.4 Å². The van der Waals surface area contributed by atoms with E-state index in [2.05, 4.69) is 15.4 Å². The summed E-state index contributed by atoms with van der Waals surface area (Å²) < 4.78 is 18.7. The third-order valence-corrected chi connectivity index (χ3v) is 5.13. The predicted molar refractivity (Wildman–Crippen MR) is 83.6 cm³/mol. The average Bonchev–Trinajstić information content (AvgIpc) is 3.01. The predicted octanol–water partition coefficient (Wildman–Crippen LogP) is 2.33. The molecular formula is C17H21FN2O3. The molecule has 1 aromatic carbocycles. The Bertz CT molecular complexity index is 634. The summed E-state index contributed by atoms with van der Waals surface area (Å²) in [5, 5.41) is 6.00. The normalized spacial score (nSPS) is 26.4. The van der Waals surface area contributed by atoms with Crippen LogP contribution in [0.15, 0.2) is 18.2 Å². The van der Waals surface area contributed by atoms with Crippen molar-refractivity contribution in [1.82, 2.24) is 5.32 Å².